The van der Waals surface area contributed by atoms with E-state index < -0.39 is 28.7 Å². The number of thiocarbonyl (C=S) groups is 1. The highest BCUT2D eigenvalue weighted by atomic mass is 32.1. The minimum absolute atomic E-state index is 0.0322. The fourth-order valence-corrected chi connectivity index (χ4v) is 5.98. The number of carbonyl (C=O) groups excluding carboxylic acids is 1. The maximum Gasteiger partial charge on any atom is 0.417 e. The number of pyridine rings is 1. The zero-order valence-corrected chi connectivity index (χ0v) is 25.8. The summed E-state index contributed by atoms with van der Waals surface area (Å²) < 4.78 is 40.9. The van der Waals surface area contributed by atoms with Crippen LogP contribution in [0.4, 0.5) is 30.4 Å². The molecule has 0 aliphatic carbocycles. The number of nitriles is 1. The Balaban J connectivity index is 1.29. The number of nitrogens with two attached hydrogens (primary N) is 1. The van der Waals surface area contributed by atoms with Crippen LogP contribution >= 0.6 is 12.2 Å². The lowest BCUT2D eigenvalue weighted by atomic mass is 10.0. The molecule has 1 aromatic heterocycles. The number of anilines is 3. The molecule has 8 nitrogen and oxygen atoms in total. The summed E-state index contributed by atoms with van der Waals surface area (Å²) in [4.78, 5) is 25.4. The van der Waals surface area contributed by atoms with Gasteiger partial charge in [0.05, 0.1) is 22.9 Å². The van der Waals surface area contributed by atoms with E-state index in [1.165, 1.54) is 6.07 Å². The van der Waals surface area contributed by atoms with Gasteiger partial charge in [0, 0.05) is 49.2 Å². The fourth-order valence-electron chi connectivity index (χ4n) is 5.46. The summed E-state index contributed by atoms with van der Waals surface area (Å²) in [6.07, 6.45) is -2.00. The van der Waals surface area contributed by atoms with Crippen molar-refractivity contribution in [2.75, 3.05) is 54.0 Å². The van der Waals surface area contributed by atoms with Crippen LogP contribution in [0.15, 0.2) is 60.8 Å². The van der Waals surface area contributed by atoms with Crippen LogP contribution in [0, 0.1) is 23.2 Å². The highest BCUT2D eigenvalue weighted by Crippen LogP contribution is 2.39. The third-order valence-electron chi connectivity index (χ3n) is 7.95. The molecule has 2 saturated heterocycles. The van der Waals surface area contributed by atoms with Crippen LogP contribution in [0.2, 0.25) is 0 Å². The molecule has 0 saturated carbocycles. The monoisotopic (exact) mass is 631 g/mol. The molecule has 3 heterocycles. The summed E-state index contributed by atoms with van der Waals surface area (Å²) in [5.74, 6) is 6.69. The largest absolute Gasteiger partial charge is 0.417 e. The van der Waals surface area contributed by atoms with Gasteiger partial charge in [0.1, 0.15) is 11.4 Å². The molecule has 232 valence electrons. The molecule has 5 rings (SSSR count). The van der Waals surface area contributed by atoms with E-state index in [-0.39, 0.29) is 10.8 Å². The van der Waals surface area contributed by atoms with Crippen LogP contribution in [0.1, 0.15) is 42.5 Å². The fraction of sp³-hybridized carbons (Fsp3) is 0.333. The molecule has 2 N–H and O–H groups in total. The first-order valence-corrected chi connectivity index (χ1v) is 14.9. The van der Waals surface area contributed by atoms with Gasteiger partial charge in [-0.05, 0) is 100 Å². The minimum Gasteiger partial charge on any atom is -0.354 e. The summed E-state index contributed by atoms with van der Waals surface area (Å²) in [5, 5.41) is 9.18. The van der Waals surface area contributed by atoms with Gasteiger partial charge in [-0.2, -0.15) is 18.4 Å². The molecule has 0 atom stereocenters. The number of piperazine rings is 1. The van der Waals surface area contributed by atoms with E-state index in [2.05, 4.69) is 26.6 Å². The van der Waals surface area contributed by atoms with E-state index in [1.54, 1.807) is 55.3 Å². The van der Waals surface area contributed by atoms with Crippen molar-refractivity contribution < 1.29 is 18.0 Å². The number of hydrogen-bond donors (Lipinski definition) is 1. The zero-order chi connectivity index (χ0) is 32.4. The molecule has 3 aromatic rings. The Morgan fingerprint density at radius 3 is 2.22 bits per heavy atom. The van der Waals surface area contributed by atoms with Crippen molar-refractivity contribution in [2.45, 2.75) is 32.0 Å². The minimum atomic E-state index is -4.77. The van der Waals surface area contributed by atoms with Gasteiger partial charge in [0.2, 0.25) is 0 Å². The Bertz CT molecular complexity index is 1680. The van der Waals surface area contributed by atoms with E-state index in [0.717, 1.165) is 73.1 Å². The van der Waals surface area contributed by atoms with Crippen molar-refractivity contribution in [1.29, 1.82) is 5.26 Å². The zero-order valence-electron chi connectivity index (χ0n) is 24.9. The Kier molecular flexibility index (Phi) is 9.12. The van der Waals surface area contributed by atoms with E-state index in [1.807, 2.05) is 12.1 Å². The number of nitrogens with zero attached hydrogens (tertiary/aromatic N) is 6. The molecule has 2 aliphatic heterocycles. The molecule has 45 heavy (non-hydrogen) atoms. The summed E-state index contributed by atoms with van der Waals surface area (Å²) in [6.45, 7) is 8.84. The van der Waals surface area contributed by atoms with Crippen LogP contribution in [0.25, 0.3) is 0 Å². The van der Waals surface area contributed by atoms with Crippen LogP contribution in [-0.4, -0.2) is 65.7 Å². The molecule has 0 bridgehead atoms. The number of aromatic nitrogens is 1. The Hall–Kier alpha value is -4.49. The molecule has 1 amide bonds. The number of halogens is 3. The molecule has 0 unspecified atom stereocenters. The molecule has 12 heteroatoms. The lowest BCUT2D eigenvalue weighted by Crippen LogP contribution is -2.47. The molecule has 0 radical (unpaired) electrons. The van der Waals surface area contributed by atoms with E-state index >= 15 is 0 Å². The van der Waals surface area contributed by atoms with Gasteiger partial charge < -0.3 is 15.5 Å². The van der Waals surface area contributed by atoms with Crippen LogP contribution in [0.5, 0.6) is 0 Å². The average Bonchev–Trinajstić information content (AvgIpc) is 3.21. The topological polar surface area (TPSA) is 92.7 Å². The lowest BCUT2D eigenvalue weighted by Gasteiger charge is -2.35. The molecule has 2 aliphatic rings. The van der Waals surface area contributed by atoms with Gasteiger partial charge in [0.15, 0.2) is 5.11 Å². The number of carbonyl (C=O) groups is 1. The normalized spacial score (nSPS) is 16.9. The number of amides is 1. The van der Waals surface area contributed by atoms with Crippen molar-refractivity contribution in [2.24, 2.45) is 5.73 Å². The van der Waals surface area contributed by atoms with Gasteiger partial charge >= 0.3 is 6.18 Å². The third-order valence-corrected chi connectivity index (χ3v) is 8.32. The number of benzene rings is 2. The maximum atomic E-state index is 13.6. The van der Waals surface area contributed by atoms with Crippen molar-refractivity contribution in [3.63, 3.8) is 0 Å². The summed E-state index contributed by atoms with van der Waals surface area (Å²) >= 11 is 5.62. The quantitative estimate of drug-likeness (QED) is 0.308. The number of alkyl halides is 3. The smallest absolute Gasteiger partial charge is 0.354 e. The Labute approximate surface area is 265 Å². The predicted octanol–water partition coefficient (Wildman–Crippen LogP) is 4.76. The number of hydrogen-bond acceptors (Lipinski definition) is 7. The highest BCUT2D eigenvalue weighted by molar-refractivity contribution is 7.81. The SMILES string of the molecule is CC1(C)C(=O)N(c2ccc(C#N)c(C(F)(F)F)c2)C(=S)N1c1ccc(C#Cc2ccc(N3CCN(CCCN)CC3)nc2)cc1. The van der Waals surface area contributed by atoms with Crippen molar-refractivity contribution in [3.05, 3.63) is 83.0 Å². The van der Waals surface area contributed by atoms with E-state index in [4.69, 9.17) is 23.2 Å². The summed E-state index contributed by atoms with van der Waals surface area (Å²) in [6, 6.07) is 15.7. The standard InChI is InChI=1S/C33H32F3N7OS/c1-32(2)30(44)42(27-12-9-25(21-38)28(20-27)33(34,35)36)31(45)43(32)26-10-6-23(7-11-26)4-5-24-8-13-29(39-22-24)41-18-16-40(17-19-41)15-3-14-37/h6-13,20,22H,3,14-19,37H2,1-2H3. The van der Waals surface area contributed by atoms with E-state index in [0.29, 0.717) is 12.2 Å². The van der Waals surface area contributed by atoms with Crippen LogP contribution < -0.4 is 20.4 Å². The summed E-state index contributed by atoms with van der Waals surface area (Å²) in [7, 11) is 0. The van der Waals surface area contributed by atoms with Crippen molar-refractivity contribution in [1.82, 2.24) is 9.88 Å². The number of rotatable bonds is 6. The second-order valence-corrected chi connectivity index (χ2v) is 11.7. The van der Waals surface area contributed by atoms with Gasteiger partial charge in [-0.15, -0.1) is 0 Å². The maximum absolute atomic E-state index is 13.6. The van der Waals surface area contributed by atoms with Gasteiger partial charge in [-0.25, -0.2) is 4.98 Å². The molecule has 2 aromatic carbocycles. The molecular formula is C33H32F3N7OS. The van der Waals surface area contributed by atoms with Crippen LogP contribution in [0.3, 0.4) is 0 Å². The Morgan fingerprint density at radius 2 is 1.62 bits per heavy atom. The van der Waals surface area contributed by atoms with Gasteiger partial charge in [-0.3, -0.25) is 14.6 Å². The summed E-state index contributed by atoms with van der Waals surface area (Å²) in [5.41, 5.74) is 4.82. The first-order valence-electron chi connectivity index (χ1n) is 14.5. The lowest BCUT2D eigenvalue weighted by molar-refractivity contribution is -0.137. The highest BCUT2D eigenvalue weighted by Gasteiger charge is 2.50. The molecule has 0 spiro atoms. The first-order chi connectivity index (χ1) is 21.4. The third kappa shape index (κ3) is 6.64. The molecule has 2 fully saturated rings. The first kappa shape index (κ1) is 31.9. The average molecular weight is 632 g/mol. The molecular weight excluding hydrogens is 599 g/mol. The van der Waals surface area contributed by atoms with Crippen molar-refractivity contribution in [3.8, 4) is 17.9 Å². The van der Waals surface area contributed by atoms with E-state index in [9.17, 15) is 18.0 Å². The van der Waals surface area contributed by atoms with Gasteiger partial charge in [-0.1, -0.05) is 11.8 Å². The Morgan fingerprint density at radius 1 is 0.978 bits per heavy atom. The van der Waals surface area contributed by atoms with Crippen molar-refractivity contribution >= 4 is 40.4 Å². The van der Waals surface area contributed by atoms with Crippen LogP contribution in [-0.2, 0) is 11.0 Å². The van der Waals surface area contributed by atoms with Gasteiger partial charge in [0.25, 0.3) is 5.91 Å². The second kappa shape index (κ2) is 12.9. The predicted molar refractivity (Wildman–Crippen MR) is 172 cm³/mol. The second-order valence-electron chi connectivity index (χ2n) is 11.3.